The van der Waals surface area contributed by atoms with Crippen LogP contribution in [-0.2, 0) is 0 Å². The highest BCUT2D eigenvalue weighted by Gasteiger charge is 2.24. The van der Waals surface area contributed by atoms with E-state index in [4.69, 9.17) is 9.47 Å². The van der Waals surface area contributed by atoms with Crippen LogP contribution in [0.4, 0.5) is 5.95 Å². The standard InChI is InChI=1S/C21H22N4O2/c1-4-27-19-10-9-16(11-20(19)26-3)18-12-17(15-7-5-14(2)6-8-15)24-21-22-13-23-25(18)21/h5-13,18H,4H2,1-3H3,(H,22,23,24)/t18-/m0/s1. The summed E-state index contributed by atoms with van der Waals surface area (Å²) in [6.45, 7) is 4.63. The van der Waals surface area contributed by atoms with E-state index in [9.17, 15) is 0 Å². The van der Waals surface area contributed by atoms with Gasteiger partial charge in [-0.05, 0) is 43.2 Å². The van der Waals surface area contributed by atoms with E-state index in [1.807, 2.05) is 29.8 Å². The summed E-state index contributed by atoms with van der Waals surface area (Å²) < 4.78 is 13.0. The van der Waals surface area contributed by atoms with Gasteiger partial charge in [0.15, 0.2) is 11.5 Å². The summed E-state index contributed by atoms with van der Waals surface area (Å²) in [6.07, 6.45) is 3.72. The van der Waals surface area contributed by atoms with Gasteiger partial charge < -0.3 is 14.8 Å². The van der Waals surface area contributed by atoms with Gasteiger partial charge in [-0.2, -0.15) is 10.1 Å². The first-order valence-corrected chi connectivity index (χ1v) is 8.95. The third kappa shape index (κ3) is 3.26. The highest BCUT2D eigenvalue weighted by atomic mass is 16.5. The summed E-state index contributed by atoms with van der Waals surface area (Å²) in [6, 6.07) is 14.3. The molecule has 0 amide bonds. The van der Waals surface area contributed by atoms with Crippen molar-refractivity contribution in [3.63, 3.8) is 0 Å². The van der Waals surface area contributed by atoms with Crippen LogP contribution in [0.5, 0.6) is 11.5 Å². The highest BCUT2D eigenvalue weighted by molar-refractivity contribution is 5.77. The molecule has 0 fully saturated rings. The van der Waals surface area contributed by atoms with Crippen molar-refractivity contribution in [1.29, 1.82) is 0 Å². The molecule has 1 N–H and O–H groups in total. The van der Waals surface area contributed by atoms with E-state index in [0.29, 0.717) is 18.3 Å². The minimum atomic E-state index is -0.0929. The van der Waals surface area contributed by atoms with E-state index >= 15 is 0 Å². The Hall–Kier alpha value is -3.28. The van der Waals surface area contributed by atoms with E-state index in [-0.39, 0.29) is 6.04 Å². The molecule has 1 atom stereocenters. The fraction of sp³-hybridized carbons (Fsp3) is 0.238. The minimum Gasteiger partial charge on any atom is -0.493 e. The lowest BCUT2D eigenvalue weighted by Crippen LogP contribution is -2.20. The second kappa shape index (κ2) is 7.15. The Bertz CT molecular complexity index is 976. The lowest BCUT2D eigenvalue weighted by atomic mass is 10.0. The predicted molar refractivity (Wildman–Crippen MR) is 105 cm³/mol. The molecule has 1 aliphatic rings. The van der Waals surface area contributed by atoms with Gasteiger partial charge in [0.1, 0.15) is 12.4 Å². The van der Waals surface area contributed by atoms with Gasteiger partial charge in [-0.1, -0.05) is 35.9 Å². The van der Waals surface area contributed by atoms with Gasteiger partial charge in [0.25, 0.3) is 0 Å². The van der Waals surface area contributed by atoms with E-state index in [1.54, 1.807) is 13.4 Å². The number of nitrogens with zero attached hydrogens (tertiary/aromatic N) is 3. The van der Waals surface area contributed by atoms with Crippen molar-refractivity contribution < 1.29 is 9.47 Å². The fourth-order valence-electron chi connectivity index (χ4n) is 3.22. The molecule has 3 aromatic rings. The van der Waals surface area contributed by atoms with Crippen LogP contribution >= 0.6 is 0 Å². The number of anilines is 1. The number of benzene rings is 2. The number of hydrogen-bond acceptors (Lipinski definition) is 5. The summed E-state index contributed by atoms with van der Waals surface area (Å²) >= 11 is 0. The normalized spacial score (nSPS) is 15.5. The number of aromatic nitrogens is 3. The Kier molecular flexibility index (Phi) is 4.54. The highest BCUT2D eigenvalue weighted by Crippen LogP contribution is 2.36. The van der Waals surface area contributed by atoms with Gasteiger partial charge in [0.2, 0.25) is 5.95 Å². The molecule has 0 aliphatic carbocycles. The molecule has 4 rings (SSSR count). The molecule has 0 spiro atoms. The zero-order valence-corrected chi connectivity index (χ0v) is 15.6. The molecule has 1 aliphatic heterocycles. The van der Waals surface area contributed by atoms with Crippen LogP contribution in [-0.4, -0.2) is 28.5 Å². The third-order valence-electron chi connectivity index (χ3n) is 4.60. The first-order valence-electron chi connectivity index (χ1n) is 8.95. The molecule has 1 aromatic heterocycles. The lowest BCUT2D eigenvalue weighted by molar-refractivity contribution is 0.310. The SMILES string of the molecule is CCOc1ccc([C@@H]2C=C(c3ccc(C)cc3)Nc3ncnn32)cc1OC. The summed E-state index contributed by atoms with van der Waals surface area (Å²) in [5, 5.41) is 7.76. The molecule has 6 nitrogen and oxygen atoms in total. The molecule has 0 saturated heterocycles. The molecule has 2 aromatic carbocycles. The average molecular weight is 362 g/mol. The Morgan fingerprint density at radius 3 is 2.67 bits per heavy atom. The maximum absolute atomic E-state index is 5.64. The van der Waals surface area contributed by atoms with Crippen LogP contribution in [0, 0.1) is 6.92 Å². The molecule has 2 heterocycles. The van der Waals surface area contributed by atoms with Crippen LogP contribution in [0.3, 0.4) is 0 Å². The summed E-state index contributed by atoms with van der Waals surface area (Å²) in [5.74, 6) is 2.16. The Balaban J connectivity index is 1.77. The largest absolute Gasteiger partial charge is 0.493 e. The van der Waals surface area contributed by atoms with Crippen molar-refractivity contribution in [2.24, 2.45) is 0 Å². The van der Waals surface area contributed by atoms with Gasteiger partial charge in [-0.25, -0.2) is 4.68 Å². The summed E-state index contributed by atoms with van der Waals surface area (Å²) in [7, 11) is 1.65. The van der Waals surface area contributed by atoms with Crippen LogP contribution < -0.4 is 14.8 Å². The number of methoxy groups -OCH3 is 1. The zero-order chi connectivity index (χ0) is 18.8. The topological polar surface area (TPSA) is 61.2 Å². The van der Waals surface area contributed by atoms with Crippen molar-refractivity contribution in [1.82, 2.24) is 14.8 Å². The number of nitrogens with one attached hydrogen (secondary N) is 1. The number of rotatable bonds is 5. The van der Waals surface area contributed by atoms with Crippen LogP contribution in [0.2, 0.25) is 0 Å². The zero-order valence-electron chi connectivity index (χ0n) is 15.6. The maximum atomic E-state index is 5.64. The first-order chi connectivity index (χ1) is 13.2. The quantitative estimate of drug-likeness (QED) is 0.742. The number of fused-ring (bicyclic) bond motifs is 1. The molecule has 6 heteroatoms. The predicted octanol–water partition coefficient (Wildman–Crippen LogP) is 4.05. The van der Waals surface area contributed by atoms with Crippen LogP contribution in [0.15, 0.2) is 54.9 Å². The number of allylic oxidation sites excluding steroid dienone is 1. The molecular weight excluding hydrogens is 340 g/mol. The first kappa shape index (κ1) is 17.1. The molecule has 27 heavy (non-hydrogen) atoms. The molecule has 0 radical (unpaired) electrons. The second-order valence-corrected chi connectivity index (χ2v) is 6.39. The number of aryl methyl sites for hydroxylation is 1. The molecule has 138 valence electrons. The third-order valence-corrected chi connectivity index (χ3v) is 4.60. The Morgan fingerprint density at radius 2 is 1.93 bits per heavy atom. The Morgan fingerprint density at radius 1 is 1.11 bits per heavy atom. The summed E-state index contributed by atoms with van der Waals surface area (Å²) in [5.41, 5.74) is 4.39. The van der Waals surface area contributed by atoms with E-state index in [2.05, 4.69) is 52.7 Å². The van der Waals surface area contributed by atoms with Gasteiger partial charge >= 0.3 is 0 Å². The lowest BCUT2D eigenvalue weighted by Gasteiger charge is -2.25. The van der Waals surface area contributed by atoms with Crippen molar-refractivity contribution in [3.05, 3.63) is 71.6 Å². The van der Waals surface area contributed by atoms with Crippen molar-refractivity contribution >= 4 is 11.6 Å². The maximum Gasteiger partial charge on any atom is 0.226 e. The van der Waals surface area contributed by atoms with Crippen molar-refractivity contribution in [2.75, 3.05) is 19.0 Å². The van der Waals surface area contributed by atoms with E-state index < -0.39 is 0 Å². The van der Waals surface area contributed by atoms with Gasteiger partial charge in [-0.15, -0.1) is 0 Å². The summed E-state index contributed by atoms with van der Waals surface area (Å²) in [4.78, 5) is 4.36. The smallest absolute Gasteiger partial charge is 0.226 e. The minimum absolute atomic E-state index is 0.0929. The van der Waals surface area contributed by atoms with Gasteiger partial charge in [0.05, 0.1) is 13.7 Å². The van der Waals surface area contributed by atoms with Crippen molar-refractivity contribution in [2.45, 2.75) is 19.9 Å². The number of hydrogen-bond donors (Lipinski definition) is 1. The molecule has 0 bridgehead atoms. The molecule has 0 unspecified atom stereocenters. The monoisotopic (exact) mass is 362 g/mol. The second-order valence-electron chi connectivity index (χ2n) is 6.39. The average Bonchev–Trinajstić information content (AvgIpc) is 3.17. The fourth-order valence-corrected chi connectivity index (χ4v) is 3.22. The Labute approximate surface area is 158 Å². The molecular formula is C21H22N4O2. The molecule has 0 saturated carbocycles. The van der Waals surface area contributed by atoms with E-state index in [0.717, 1.165) is 22.6 Å². The number of ether oxygens (including phenoxy) is 2. The van der Waals surface area contributed by atoms with Gasteiger partial charge in [0, 0.05) is 5.70 Å². The van der Waals surface area contributed by atoms with Crippen LogP contribution in [0.1, 0.15) is 29.7 Å². The van der Waals surface area contributed by atoms with Crippen LogP contribution in [0.25, 0.3) is 5.70 Å². The van der Waals surface area contributed by atoms with Gasteiger partial charge in [-0.3, -0.25) is 0 Å². The van der Waals surface area contributed by atoms with Crippen molar-refractivity contribution in [3.8, 4) is 11.5 Å². The van der Waals surface area contributed by atoms with E-state index in [1.165, 1.54) is 5.56 Å².